The van der Waals surface area contributed by atoms with Crippen molar-refractivity contribution in [2.75, 3.05) is 7.11 Å². The molecule has 1 fully saturated rings. The lowest BCUT2D eigenvalue weighted by Crippen LogP contribution is -2.13. The molecule has 0 spiro atoms. The molecule has 174 valence electrons. The third-order valence-electron chi connectivity index (χ3n) is 7.01. The number of benzene rings is 3. The van der Waals surface area contributed by atoms with Crippen molar-refractivity contribution in [3.8, 4) is 28.0 Å². The molecule has 0 unspecified atom stereocenters. The van der Waals surface area contributed by atoms with Gasteiger partial charge in [-0.3, -0.25) is 0 Å². The second kappa shape index (κ2) is 10.5. The van der Waals surface area contributed by atoms with Crippen LogP contribution in [0.5, 0.6) is 5.75 Å². The molecule has 0 aliphatic heterocycles. The van der Waals surface area contributed by atoms with Crippen molar-refractivity contribution in [3.05, 3.63) is 77.6 Å². The van der Waals surface area contributed by atoms with E-state index in [0.29, 0.717) is 5.92 Å². The lowest BCUT2D eigenvalue weighted by molar-refractivity contribution is 0.304. The molecule has 0 saturated heterocycles. The van der Waals surface area contributed by atoms with Gasteiger partial charge >= 0.3 is 0 Å². The van der Waals surface area contributed by atoms with Gasteiger partial charge in [-0.2, -0.15) is 0 Å². The Hall–Kier alpha value is -2.75. The van der Waals surface area contributed by atoms with E-state index in [2.05, 4.69) is 19.1 Å². The van der Waals surface area contributed by atoms with Crippen LogP contribution in [0, 0.1) is 23.4 Å². The van der Waals surface area contributed by atoms with Crippen molar-refractivity contribution < 1.29 is 17.9 Å². The topological polar surface area (TPSA) is 9.23 Å². The summed E-state index contributed by atoms with van der Waals surface area (Å²) in [5.74, 6) is -1.21. The number of hydrogen-bond donors (Lipinski definition) is 0. The van der Waals surface area contributed by atoms with E-state index in [1.807, 2.05) is 12.1 Å². The summed E-state index contributed by atoms with van der Waals surface area (Å²) in [7, 11) is 1.19. The van der Waals surface area contributed by atoms with E-state index >= 15 is 0 Å². The van der Waals surface area contributed by atoms with Gasteiger partial charge in [-0.25, -0.2) is 13.2 Å². The van der Waals surface area contributed by atoms with Gasteiger partial charge in [0.1, 0.15) is 5.82 Å². The second-order valence-corrected chi connectivity index (χ2v) is 9.15. The zero-order chi connectivity index (χ0) is 23.4. The molecule has 3 aromatic rings. The van der Waals surface area contributed by atoms with Crippen molar-refractivity contribution in [2.24, 2.45) is 5.92 Å². The van der Waals surface area contributed by atoms with Crippen LogP contribution in [-0.4, -0.2) is 7.11 Å². The smallest absolute Gasteiger partial charge is 0.190 e. The van der Waals surface area contributed by atoms with E-state index in [1.54, 1.807) is 12.1 Å². The molecule has 3 aromatic carbocycles. The van der Waals surface area contributed by atoms with E-state index in [9.17, 15) is 13.2 Å². The molecule has 0 atom stereocenters. The minimum atomic E-state index is -0.856. The quantitative estimate of drug-likeness (QED) is 0.348. The first kappa shape index (κ1) is 23.4. The van der Waals surface area contributed by atoms with Crippen molar-refractivity contribution >= 4 is 0 Å². The monoisotopic (exact) mass is 452 g/mol. The highest BCUT2D eigenvalue weighted by molar-refractivity contribution is 5.71. The summed E-state index contributed by atoms with van der Waals surface area (Å²) in [6.07, 6.45) is 9.08. The van der Waals surface area contributed by atoms with Crippen molar-refractivity contribution in [1.82, 2.24) is 0 Å². The predicted molar refractivity (Wildman–Crippen MR) is 128 cm³/mol. The molecule has 0 bridgehead atoms. The molecule has 0 heterocycles. The molecule has 1 aliphatic rings. The number of methoxy groups -OCH3 is 1. The highest BCUT2D eigenvalue weighted by atomic mass is 19.1. The molecular weight excluding hydrogens is 421 g/mol. The maximum absolute atomic E-state index is 14.9. The zero-order valence-corrected chi connectivity index (χ0v) is 19.3. The summed E-state index contributed by atoms with van der Waals surface area (Å²) in [4.78, 5) is 0. The predicted octanol–water partition coefficient (Wildman–Crippen LogP) is 8.91. The molecular formula is C29H31F3O. The normalized spacial score (nSPS) is 18.3. The van der Waals surface area contributed by atoms with Gasteiger partial charge in [0, 0.05) is 5.56 Å². The molecule has 0 radical (unpaired) electrons. The van der Waals surface area contributed by atoms with Crippen LogP contribution in [0.4, 0.5) is 13.2 Å². The number of halogens is 3. The molecule has 0 aromatic heterocycles. The zero-order valence-electron chi connectivity index (χ0n) is 19.3. The molecule has 0 N–H and O–H groups in total. The van der Waals surface area contributed by atoms with Gasteiger partial charge in [0.15, 0.2) is 17.4 Å². The largest absolute Gasteiger partial charge is 0.491 e. The van der Waals surface area contributed by atoms with Crippen LogP contribution in [0.3, 0.4) is 0 Å². The van der Waals surface area contributed by atoms with Gasteiger partial charge in [0.2, 0.25) is 0 Å². The third-order valence-corrected chi connectivity index (χ3v) is 7.01. The van der Waals surface area contributed by atoms with Gasteiger partial charge < -0.3 is 4.74 Å². The number of ether oxygens (including phenoxy) is 1. The van der Waals surface area contributed by atoms with Gasteiger partial charge in [0.25, 0.3) is 0 Å². The van der Waals surface area contributed by atoms with Crippen LogP contribution in [-0.2, 0) is 0 Å². The molecule has 4 rings (SSSR count). The SMILES string of the molecule is CCCCC1CCC(c2ccc(-c3ccc(-c4cc(F)c(OC)c(F)c4)c(F)c3)cc2)CC1. The van der Waals surface area contributed by atoms with Crippen molar-refractivity contribution in [2.45, 2.75) is 57.8 Å². The van der Waals surface area contributed by atoms with Crippen molar-refractivity contribution in [3.63, 3.8) is 0 Å². The summed E-state index contributed by atoms with van der Waals surface area (Å²) in [6.45, 7) is 2.26. The molecule has 1 aliphatic carbocycles. The van der Waals surface area contributed by atoms with Crippen LogP contribution in [0.2, 0.25) is 0 Å². The Kier molecular flexibility index (Phi) is 7.42. The van der Waals surface area contributed by atoms with Crippen LogP contribution in [0.25, 0.3) is 22.3 Å². The number of unbranched alkanes of at least 4 members (excludes halogenated alkanes) is 1. The maximum Gasteiger partial charge on any atom is 0.190 e. The molecule has 1 nitrogen and oxygen atoms in total. The summed E-state index contributed by atoms with van der Waals surface area (Å²) in [6, 6.07) is 15.3. The van der Waals surface area contributed by atoms with Gasteiger partial charge in [-0.05, 0) is 78.0 Å². The average Bonchev–Trinajstić information content (AvgIpc) is 2.83. The highest BCUT2D eigenvalue weighted by Gasteiger charge is 2.22. The Morgan fingerprint density at radius 1 is 0.758 bits per heavy atom. The first-order chi connectivity index (χ1) is 16.0. The molecule has 0 amide bonds. The third kappa shape index (κ3) is 5.26. The Labute approximate surface area is 194 Å². The lowest BCUT2D eigenvalue weighted by atomic mass is 9.77. The van der Waals surface area contributed by atoms with E-state index in [0.717, 1.165) is 29.2 Å². The summed E-state index contributed by atoms with van der Waals surface area (Å²) >= 11 is 0. The fraction of sp³-hybridized carbons (Fsp3) is 0.379. The molecule has 4 heteroatoms. The van der Waals surface area contributed by atoms with Crippen molar-refractivity contribution in [1.29, 1.82) is 0 Å². The summed E-state index contributed by atoms with van der Waals surface area (Å²) in [5, 5.41) is 0. The maximum atomic E-state index is 14.9. The second-order valence-electron chi connectivity index (χ2n) is 9.15. The van der Waals surface area contributed by atoms with E-state index < -0.39 is 23.2 Å². The fourth-order valence-electron chi connectivity index (χ4n) is 5.06. The van der Waals surface area contributed by atoms with Crippen LogP contribution in [0.1, 0.15) is 63.4 Å². The van der Waals surface area contributed by atoms with Crippen LogP contribution < -0.4 is 4.74 Å². The summed E-state index contributed by atoms with van der Waals surface area (Å²) < 4.78 is 47.7. The van der Waals surface area contributed by atoms with Crippen LogP contribution in [0.15, 0.2) is 54.6 Å². The van der Waals surface area contributed by atoms with Gasteiger partial charge in [-0.15, -0.1) is 0 Å². The standard InChI is InChI=1S/C29H31F3O/c1-3-4-5-19-6-8-20(9-7-19)21-10-12-22(13-11-21)23-14-15-25(26(30)16-23)24-17-27(31)29(33-2)28(32)18-24/h10-20H,3-9H2,1-2H3. The molecule has 1 saturated carbocycles. The Morgan fingerprint density at radius 3 is 1.94 bits per heavy atom. The minimum absolute atomic E-state index is 0.139. The van der Waals surface area contributed by atoms with E-state index in [-0.39, 0.29) is 11.1 Å². The summed E-state index contributed by atoms with van der Waals surface area (Å²) in [5.41, 5.74) is 3.30. The van der Waals surface area contributed by atoms with E-state index in [1.165, 1.54) is 63.7 Å². The molecule has 33 heavy (non-hydrogen) atoms. The minimum Gasteiger partial charge on any atom is -0.491 e. The fourth-order valence-corrected chi connectivity index (χ4v) is 5.06. The average molecular weight is 453 g/mol. The first-order valence-corrected chi connectivity index (χ1v) is 11.9. The lowest BCUT2D eigenvalue weighted by Gasteiger charge is -2.29. The highest BCUT2D eigenvalue weighted by Crippen LogP contribution is 2.38. The number of hydrogen-bond acceptors (Lipinski definition) is 1. The van der Waals surface area contributed by atoms with Crippen LogP contribution >= 0.6 is 0 Å². The Morgan fingerprint density at radius 2 is 1.36 bits per heavy atom. The Bertz CT molecular complexity index is 1060. The van der Waals surface area contributed by atoms with Gasteiger partial charge in [-0.1, -0.05) is 62.6 Å². The Balaban J connectivity index is 1.48. The van der Waals surface area contributed by atoms with E-state index in [4.69, 9.17) is 4.74 Å². The van der Waals surface area contributed by atoms with Gasteiger partial charge in [0.05, 0.1) is 7.11 Å². The first-order valence-electron chi connectivity index (χ1n) is 11.9. The number of rotatable bonds is 7.